The molecule has 0 saturated heterocycles. The van der Waals surface area contributed by atoms with Gasteiger partial charge in [-0.15, -0.1) is 0 Å². The number of ether oxygens (including phenoxy) is 1. The summed E-state index contributed by atoms with van der Waals surface area (Å²) in [5, 5.41) is 0. The molecule has 1 aliphatic carbocycles. The Balaban J connectivity index is 2.55. The van der Waals surface area contributed by atoms with Gasteiger partial charge in [0.05, 0.1) is 7.11 Å². The second kappa shape index (κ2) is 2.95. The van der Waals surface area contributed by atoms with Gasteiger partial charge < -0.3 is 10.5 Å². The van der Waals surface area contributed by atoms with Crippen LogP contribution in [-0.4, -0.2) is 7.11 Å². The molecule has 0 amide bonds. The molecule has 0 aliphatic heterocycles. The van der Waals surface area contributed by atoms with E-state index in [4.69, 9.17) is 10.5 Å². The summed E-state index contributed by atoms with van der Waals surface area (Å²) in [7, 11) is 1.48. The average molecular weight is 195 g/mol. The SMILES string of the molecule is COc1c(C2(N)CC2)ccc(C)c1F. The van der Waals surface area contributed by atoms with Crippen LogP contribution in [0.1, 0.15) is 24.0 Å². The van der Waals surface area contributed by atoms with E-state index < -0.39 is 0 Å². The van der Waals surface area contributed by atoms with Gasteiger partial charge in [-0.2, -0.15) is 0 Å². The highest BCUT2D eigenvalue weighted by Crippen LogP contribution is 2.47. The van der Waals surface area contributed by atoms with Crippen LogP contribution in [0, 0.1) is 12.7 Å². The van der Waals surface area contributed by atoms with E-state index in [9.17, 15) is 4.39 Å². The molecule has 0 bridgehead atoms. The molecular formula is C11H14FNO. The Morgan fingerprint density at radius 2 is 2.07 bits per heavy atom. The van der Waals surface area contributed by atoms with Crippen LogP contribution in [0.4, 0.5) is 4.39 Å². The lowest BCUT2D eigenvalue weighted by Crippen LogP contribution is -2.20. The van der Waals surface area contributed by atoms with Crippen LogP contribution in [0.3, 0.4) is 0 Å². The summed E-state index contributed by atoms with van der Waals surface area (Å²) >= 11 is 0. The number of nitrogens with two attached hydrogens (primary N) is 1. The van der Waals surface area contributed by atoms with Crippen molar-refractivity contribution in [3.63, 3.8) is 0 Å². The zero-order chi connectivity index (χ0) is 10.3. The highest BCUT2D eigenvalue weighted by molar-refractivity contribution is 5.45. The van der Waals surface area contributed by atoms with Gasteiger partial charge in [0.2, 0.25) is 0 Å². The summed E-state index contributed by atoms with van der Waals surface area (Å²) in [6.45, 7) is 1.72. The van der Waals surface area contributed by atoms with Gasteiger partial charge in [-0.05, 0) is 25.3 Å². The molecule has 0 atom stereocenters. The van der Waals surface area contributed by atoms with Crippen LogP contribution >= 0.6 is 0 Å². The molecule has 1 saturated carbocycles. The third-order valence-electron chi connectivity index (χ3n) is 2.82. The summed E-state index contributed by atoms with van der Waals surface area (Å²) in [5.41, 5.74) is 7.06. The van der Waals surface area contributed by atoms with Gasteiger partial charge in [-0.1, -0.05) is 12.1 Å². The Hall–Kier alpha value is -1.09. The predicted octanol–water partition coefficient (Wildman–Crippen LogP) is 2.09. The van der Waals surface area contributed by atoms with Crippen molar-refractivity contribution >= 4 is 0 Å². The first kappa shape index (κ1) is 9.46. The van der Waals surface area contributed by atoms with Crippen molar-refractivity contribution in [2.45, 2.75) is 25.3 Å². The Bertz CT molecular complexity index is 372. The number of hydrogen-bond acceptors (Lipinski definition) is 2. The first-order valence-corrected chi connectivity index (χ1v) is 4.71. The fraction of sp³-hybridized carbons (Fsp3) is 0.455. The van der Waals surface area contributed by atoms with Gasteiger partial charge in [0.1, 0.15) is 0 Å². The molecular weight excluding hydrogens is 181 g/mol. The monoisotopic (exact) mass is 195 g/mol. The molecule has 1 fully saturated rings. The number of rotatable bonds is 2. The topological polar surface area (TPSA) is 35.2 Å². The maximum absolute atomic E-state index is 13.6. The van der Waals surface area contributed by atoms with Crippen LogP contribution in [0.2, 0.25) is 0 Å². The van der Waals surface area contributed by atoms with Gasteiger partial charge in [0.15, 0.2) is 11.6 Å². The molecule has 0 aromatic heterocycles. The van der Waals surface area contributed by atoms with Gasteiger partial charge in [0.25, 0.3) is 0 Å². The number of halogens is 1. The van der Waals surface area contributed by atoms with Gasteiger partial charge in [-0.3, -0.25) is 0 Å². The molecule has 1 aromatic carbocycles. The minimum absolute atomic E-state index is 0.290. The second-order valence-corrected chi connectivity index (χ2v) is 3.93. The number of aryl methyl sites for hydroxylation is 1. The van der Waals surface area contributed by atoms with E-state index in [0.717, 1.165) is 18.4 Å². The maximum Gasteiger partial charge on any atom is 0.168 e. The Morgan fingerprint density at radius 3 is 2.57 bits per heavy atom. The molecule has 0 spiro atoms. The van der Waals surface area contributed by atoms with E-state index in [1.807, 2.05) is 6.07 Å². The summed E-state index contributed by atoms with van der Waals surface area (Å²) in [4.78, 5) is 0. The zero-order valence-corrected chi connectivity index (χ0v) is 8.43. The number of benzene rings is 1. The molecule has 1 aliphatic rings. The van der Waals surface area contributed by atoms with Crippen LogP contribution in [-0.2, 0) is 5.54 Å². The van der Waals surface area contributed by atoms with Crippen molar-refractivity contribution < 1.29 is 9.13 Å². The minimum atomic E-state index is -0.347. The van der Waals surface area contributed by atoms with Gasteiger partial charge in [-0.25, -0.2) is 4.39 Å². The largest absolute Gasteiger partial charge is 0.493 e. The molecule has 2 nitrogen and oxygen atoms in total. The first-order valence-electron chi connectivity index (χ1n) is 4.71. The van der Waals surface area contributed by atoms with E-state index in [0.29, 0.717) is 11.3 Å². The van der Waals surface area contributed by atoms with Crippen molar-refractivity contribution in [3.8, 4) is 5.75 Å². The normalized spacial score (nSPS) is 18.0. The van der Waals surface area contributed by atoms with Gasteiger partial charge in [0, 0.05) is 11.1 Å². The summed E-state index contributed by atoms with van der Waals surface area (Å²) in [6.07, 6.45) is 1.82. The Labute approximate surface area is 82.9 Å². The fourth-order valence-corrected chi connectivity index (χ4v) is 1.65. The van der Waals surface area contributed by atoms with E-state index in [1.165, 1.54) is 7.11 Å². The molecule has 1 aromatic rings. The Kier molecular flexibility index (Phi) is 2.00. The fourth-order valence-electron chi connectivity index (χ4n) is 1.65. The first-order chi connectivity index (χ1) is 6.58. The standard InChI is InChI=1S/C11H14FNO/c1-7-3-4-8(11(13)5-6-11)10(14-2)9(7)12/h3-4H,5-6,13H2,1-2H3. The molecule has 76 valence electrons. The molecule has 2 rings (SSSR count). The van der Waals surface area contributed by atoms with Crippen molar-refractivity contribution in [3.05, 3.63) is 29.1 Å². The molecule has 0 heterocycles. The van der Waals surface area contributed by atoms with Crippen LogP contribution in [0.5, 0.6) is 5.75 Å². The van der Waals surface area contributed by atoms with Crippen LogP contribution in [0.15, 0.2) is 12.1 Å². The number of hydrogen-bond donors (Lipinski definition) is 1. The number of methoxy groups -OCH3 is 1. The van der Waals surface area contributed by atoms with Crippen LogP contribution < -0.4 is 10.5 Å². The van der Waals surface area contributed by atoms with Gasteiger partial charge >= 0.3 is 0 Å². The smallest absolute Gasteiger partial charge is 0.168 e. The summed E-state index contributed by atoms with van der Waals surface area (Å²) in [5.74, 6) is 0.0201. The second-order valence-electron chi connectivity index (χ2n) is 3.93. The maximum atomic E-state index is 13.6. The summed E-state index contributed by atoms with van der Waals surface area (Å²) in [6, 6.07) is 3.62. The van der Waals surface area contributed by atoms with Crippen LogP contribution in [0.25, 0.3) is 0 Å². The van der Waals surface area contributed by atoms with E-state index in [-0.39, 0.29) is 11.4 Å². The third kappa shape index (κ3) is 1.28. The lowest BCUT2D eigenvalue weighted by Gasteiger charge is -2.15. The van der Waals surface area contributed by atoms with Crippen molar-refractivity contribution in [1.29, 1.82) is 0 Å². The zero-order valence-electron chi connectivity index (χ0n) is 8.43. The van der Waals surface area contributed by atoms with Crippen molar-refractivity contribution in [1.82, 2.24) is 0 Å². The predicted molar refractivity (Wildman–Crippen MR) is 52.8 cm³/mol. The van der Waals surface area contributed by atoms with Crippen molar-refractivity contribution in [2.24, 2.45) is 5.73 Å². The lowest BCUT2D eigenvalue weighted by molar-refractivity contribution is 0.375. The molecule has 3 heteroatoms. The summed E-state index contributed by atoms with van der Waals surface area (Å²) < 4.78 is 18.7. The molecule has 14 heavy (non-hydrogen) atoms. The van der Waals surface area contributed by atoms with Crippen molar-refractivity contribution in [2.75, 3.05) is 7.11 Å². The molecule has 2 N–H and O–H groups in total. The third-order valence-corrected chi connectivity index (χ3v) is 2.82. The highest BCUT2D eigenvalue weighted by Gasteiger charge is 2.42. The minimum Gasteiger partial charge on any atom is -0.493 e. The average Bonchev–Trinajstić information content (AvgIpc) is 2.89. The molecule has 0 radical (unpaired) electrons. The van der Waals surface area contributed by atoms with E-state index >= 15 is 0 Å². The quantitative estimate of drug-likeness (QED) is 0.784. The highest BCUT2D eigenvalue weighted by atomic mass is 19.1. The Morgan fingerprint density at radius 1 is 1.43 bits per heavy atom. The van der Waals surface area contributed by atoms with E-state index in [1.54, 1.807) is 13.0 Å². The molecule has 0 unspecified atom stereocenters. The lowest BCUT2D eigenvalue weighted by atomic mass is 10.0. The van der Waals surface area contributed by atoms with E-state index in [2.05, 4.69) is 0 Å².